The van der Waals surface area contributed by atoms with E-state index in [1.807, 2.05) is 49.4 Å². The van der Waals surface area contributed by atoms with Crippen molar-refractivity contribution in [1.82, 2.24) is 4.98 Å². The summed E-state index contributed by atoms with van der Waals surface area (Å²) >= 11 is 5.95. The molecule has 1 aromatic heterocycles. The highest BCUT2D eigenvalue weighted by atomic mass is 35.5. The van der Waals surface area contributed by atoms with Crippen LogP contribution in [-0.4, -0.2) is 10.9 Å². The maximum Gasteiger partial charge on any atom is 0.255 e. The number of hydrogen-bond acceptors (Lipinski definition) is 3. The van der Waals surface area contributed by atoms with Gasteiger partial charge in [0.25, 0.3) is 5.91 Å². The molecule has 24 heavy (non-hydrogen) atoms. The second kappa shape index (κ2) is 7.15. The van der Waals surface area contributed by atoms with Crippen molar-refractivity contribution in [2.45, 2.75) is 6.92 Å². The number of aryl methyl sites for hydroxylation is 1. The Bertz CT molecular complexity index is 862. The minimum Gasteiger partial charge on any atom is -0.340 e. The summed E-state index contributed by atoms with van der Waals surface area (Å²) in [6.45, 7) is 1.95. The number of hydrogen-bond donors (Lipinski definition) is 2. The van der Waals surface area contributed by atoms with E-state index in [9.17, 15) is 4.79 Å². The molecule has 0 bridgehead atoms. The van der Waals surface area contributed by atoms with Crippen LogP contribution in [0.1, 0.15) is 15.9 Å². The smallest absolute Gasteiger partial charge is 0.255 e. The van der Waals surface area contributed by atoms with Crippen molar-refractivity contribution in [3.8, 4) is 0 Å². The molecule has 0 unspecified atom stereocenters. The van der Waals surface area contributed by atoms with Crippen LogP contribution in [0.2, 0.25) is 5.02 Å². The molecule has 2 N–H and O–H groups in total. The predicted octanol–water partition coefficient (Wildman–Crippen LogP) is 5.04. The molecule has 0 saturated heterocycles. The van der Waals surface area contributed by atoms with Crippen molar-refractivity contribution in [3.05, 3.63) is 83.0 Å². The average molecular weight is 338 g/mol. The van der Waals surface area contributed by atoms with Crippen molar-refractivity contribution in [2.75, 3.05) is 10.6 Å². The van der Waals surface area contributed by atoms with Crippen molar-refractivity contribution < 1.29 is 4.79 Å². The first-order valence-corrected chi connectivity index (χ1v) is 7.84. The molecule has 1 amide bonds. The largest absolute Gasteiger partial charge is 0.340 e. The molecular formula is C19H16ClN3O. The summed E-state index contributed by atoms with van der Waals surface area (Å²) in [5, 5.41) is 6.65. The minimum absolute atomic E-state index is 0.156. The van der Waals surface area contributed by atoms with Gasteiger partial charge in [0.1, 0.15) is 5.82 Å². The van der Waals surface area contributed by atoms with E-state index in [2.05, 4.69) is 15.6 Å². The molecule has 1 heterocycles. The van der Waals surface area contributed by atoms with Gasteiger partial charge in [-0.3, -0.25) is 4.79 Å². The molecule has 0 aliphatic carbocycles. The third kappa shape index (κ3) is 4.12. The molecule has 0 aliphatic heterocycles. The maximum atomic E-state index is 12.2. The number of carbonyl (C=O) groups excluding carboxylic acids is 1. The van der Waals surface area contributed by atoms with Crippen molar-refractivity contribution >= 4 is 34.7 Å². The third-order valence-electron chi connectivity index (χ3n) is 3.40. The first-order chi connectivity index (χ1) is 11.6. The van der Waals surface area contributed by atoms with Crippen molar-refractivity contribution in [3.63, 3.8) is 0 Å². The number of nitrogens with one attached hydrogen (secondary N) is 2. The van der Waals surface area contributed by atoms with Crippen LogP contribution in [0.3, 0.4) is 0 Å². The lowest BCUT2D eigenvalue weighted by Gasteiger charge is -2.08. The number of pyridine rings is 1. The Balaban J connectivity index is 1.67. The first-order valence-electron chi connectivity index (χ1n) is 7.47. The van der Waals surface area contributed by atoms with Crippen LogP contribution in [0.25, 0.3) is 0 Å². The molecule has 4 nitrogen and oxygen atoms in total. The van der Waals surface area contributed by atoms with E-state index in [0.717, 1.165) is 11.3 Å². The molecule has 0 saturated carbocycles. The normalized spacial score (nSPS) is 10.2. The zero-order chi connectivity index (χ0) is 16.9. The van der Waals surface area contributed by atoms with Crippen LogP contribution < -0.4 is 10.6 Å². The van der Waals surface area contributed by atoms with E-state index in [0.29, 0.717) is 22.1 Å². The van der Waals surface area contributed by atoms with Gasteiger partial charge in [0, 0.05) is 16.3 Å². The van der Waals surface area contributed by atoms with E-state index in [-0.39, 0.29) is 5.91 Å². The zero-order valence-electron chi connectivity index (χ0n) is 13.1. The topological polar surface area (TPSA) is 54.0 Å². The number of amides is 1. The number of halogens is 1. The van der Waals surface area contributed by atoms with Crippen molar-refractivity contribution in [1.29, 1.82) is 0 Å². The fourth-order valence-electron chi connectivity index (χ4n) is 2.25. The fourth-order valence-corrected chi connectivity index (χ4v) is 2.44. The van der Waals surface area contributed by atoms with E-state index < -0.39 is 0 Å². The number of aromatic nitrogens is 1. The SMILES string of the molecule is Cc1cccc(C(=O)Nc2ccc(Nc3cccc(Cl)c3)nc2)c1. The maximum absolute atomic E-state index is 12.2. The molecule has 3 aromatic rings. The van der Waals surface area contributed by atoms with Gasteiger partial charge in [0.2, 0.25) is 0 Å². The van der Waals surface area contributed by atoms with E-state index in [4.69, 9.17) is 11.6 Å². The molecule has 120 valence electrons. The lowest BCUT2D eigenvalue weighted by atomic mass is 10.1. The third-order valence-corrected chi connectivity index (χ3v) is 3.63. The van der Waals surface area contributed by atoms with Crippen LogP contribution in [-0.2, 0) is 0 Å². The quantitative estimate of drug-likeness (QED) is 0.701. The Morgan fingerprint density at radius 2 is 1.83 bits per heavy atom. The predicted molar refractivity (Wildman–Crippen MR) is 98.1 cm³/mol. The van der Waals surface area contributed by atoms with Crippen LogP contribution in [0.4, 0.5) is 17.2 Å². The summed E-state index contributed by atoms with van der Waals surface area (Å²) in [7, 11) is 0. The highest BCUT2D eigenvalue weighted by Gasteiger charge is 2.06. The summed E-state index contributed by atoms with van der Waals surface area (Å²) in [5.74, 6) is 0.516. The number of anilines is 3. The second-order valence-electron chi connectivity index (χ2n) is 5.39. The molecule has 5 heteroatoms. The molecule has 0 atom stereocenters. The van der Waals surface area contributed by atoms with Gasteiger partial charge in [-0.25, -0.2) is 4.98 Å². The Morgan fingerprint density at radius 1 is 1.00 bits per heavy atom. The number of rotatable bonds is 4. The Hall–Kier alpha value is -2.85. The van der Waals surface area contributed by atoms with Gasteiger partial charge in [0.15, 0.2) is 0 Å². The van der Waals surface area contributed by atoms with E-state index in [1.165, 1.54) is 0 Å². The Kier molecular flexibility index (Phi) is 4.77. The highest BCUT2D eigenvalue weighted by Crippen LogP contribution is 2.20. The van der Waals surface area contributed by atoms with Gasteiger partial charge in [-0.1, -0.05) is 35.4 Å². The van der Waals surface area contributed by atoms with Crippen LogP contribution in [0.5, 0.6) is 0 Å². The summed E-state index contributed by atoms with van der Waals surface area (Å²) in [5.41, 5.74) is 3.16. The van der Waals surface area contributed by atoms with Crippen LogP contribution in [0, 0.1) is 6.92 Å². The molecule has 0 radical (unpaired) electrons. The molecular weight excluding hydrogens is 322 g/mol. The molecule has 0 fully saturated rings. The zero-order valence-corrected chi connectivity index (χ0v) is 13.8. The standard InChI is InChI=1S/C19H16ClN3O/c1-13-4-2-5-14(10-13)19(24)23-17-8-9-18(21-12-17)22-16-7-3-6-15(20)11-16/h2-12H,1H3,(H,21,22)(H,23,24). The van der Waals surface area contributed by atoms with Crippen LogP contribution in [0.15, 0.2) is 66.9 Å². The number of benzene rings is 2. The van der Waals surface area contributed by atoms with Gasteiger partial charge in [-0.2, -0.15) is 0 Å². The average Bonchev–Trinajstić information content (AvgIpc) is 2.57. The van der Waals surface area contributed by atoms with E-state index >= 15 is 0 Å². The van der Waals surface area contributed by atoms with Crippen molar-refractivity contribution in [2.24, 2.45) is 0 Å². The highest BCUT2D eigenvalue weighted by molar-refractivity contribution is 6.30. The molecule has 0 aliphatic rings. The lowest BCUT2D eigenvalue weighted by molar-refractivity contribution is 0.102. The van der Waals surface area contributed by atoms with Crippen LogP contribution >= 0.6 is 11.6 Å². The summed E-state index contributed by atoms with van der Waals surface area (Å²) in [4.78, 5) is 16.5. The molecule has 3 rings (SSSR count). The minimum atomic E-state index is -0.156. The van der Waals surface area contributed by atoms with Gasteiger partial charge in [-0.15, -0.1) is 0 Å². The summed E-state index contributed by atoms with van der Waals surface area (Å²) in [6.07, 6.45) is 1.61. The molecule has 2 aromatic carbocycles. The number of carbonyl (C=O) groups is 1. The summed E-state index contributed by atoms with van der Waals surface area (Å²) < 4.78 is 0. The van der Waals surface area contributed by atoms with Gasteiger partial charge in [0.05, 0.1) is 11.9 Å². The monoisotopic (exact) mass is 337 g/mol. The Labute approximate surface area is 145 Å². The summed E-state index contributed by atoms with van der Waals surface area (Å²) in [6, 6.07) is 18.4. The molecule has 0 spiro atoms. The number of nitrogens with zero attached hydrogens (tertiary/aromatic N) is 1. The van der Waals surface area contributed by atoms with Gasteiger partial charge in [-0.05, 0) is 49.4 Å². The van der Waals surface area contributed by atoms with Gasteiger partial charge < -0.3 is 10.6 Å². The Morgan fingerprint density at radius 3 is 2.54 bits per heavy atom. The second-order valence-corrected chi connectivity index (χ2v) is 5.83. The first kappa shape index (κ1) is 16.0. The lowest BCUT2D eigenvalue weighted by Crippen LogP contribution is -2.12. The van der Waals surface area contributed by atoms with Gasteiger partial charge >= 0.3 is 0 Å². The fraction of sp³-hybridized carbons (Fsp3) is 0.0526. The van der Waals surface area contributed by atoms with E-state index in [1.54, 1.807) is 24.4 Å².